The van der Waals surface area contributed by atoms with Crippen LogP contribution in [0.3, 0.4) is 0 Å². The molecule has 0 aliphatic rings. The van der Waals surface area contributed by atoms with Gasteiger partial charge in [0.1, 0.15) is 6.04 Å². The molecule has 13 heavy (non-hydrogen) atoms. The summed E-state index contributed by atoms with van der Waals surface area (Å²) in [5.74, 6) is -0.810. The van der Waals surface area contributed by atoms with Gasteiger partial charge in [0.2, 0.25) is 0 Å². The van der Waals surface area contributed by atoms with Crippen molar-refractivity contribution in [3.05, 3.63) is 0 Å². The Balaban J connectivity index is 3.11. The molecule has 0 saturated heterocycles. The van der Waals surface area contributed by atoms with Gasteiger partial charge in [0, 0.05) is 6.61 Å². The van der Waals surface area contributed by atoms with E-state index >= 15 is 0 Å². The number of aliphatic hydroxyl groups excluding tert-OH is 1. The first kappa shape index (κ1) is 12.4. The molecule has 0 aromatic rings. The van der Waals surface area contributed by atoms with Gasteiger partial charge in [0.05, 0.1) is 0 Å². The minimum atomic E-state index is -0.810. The smallest absolute Gasteiger partial charge is 0.320 e. The third-order valence-electron chi connectivity index (χ3n) is 1.91. The highest BCUT2D eigenvalue weighted by Crippen LogP contribution is 1.97. The average molecular weight is 189 g/mol. The minimum absolute atomic E-state index is 0.249. The second kappa shape index (κ2) is 8.01. The second-order valence-corrected chi connectivity index (χ2v) is 3.15. The summed E-state index contributed by atoms with van der Waals surface area (Å²) in [4.78, 5) is 10.4. The Morgan fingerprint density at radius 3 is 2.46 bits per heavy atom. The van der Waals surface area contributed by atoms with Crippen LogP contribution in [-0.2, 0) is 4.79 Å². The van der Waals surface area contributed by atoms with Crippen LogP contribution in [0.2, 0.25) is 0 Å². The molecule has 0 aromatic heterocycles. The van der Waals surface area contributed by atoms with Gasteiger partial charge in [-0.15, -0.1) is 0 Å². The Morgan fingerprint density at radius 1 is 1.31 bits per heavy atom. The van der Waals surface area contributed by atoms with E-state index in [2.05, 4.69) is 5.32 Å². The van der Waals surface area contributed by atoms with E-state index in [0.717, 1.165) is 32.2 Å². The molecule has 0 radical (unpaired) electrons. The first-order chi connectivity index (χ1) is 6.18. The van der Waals surface area contributed by atoms with Crippen molar-refractivity contribution in [3.63, 3.8) is 0 Å². The van der Waals surface area contributed by atoms with Gasteiger partial charge >= 0.3 is 5.97 Å². The van der Waals surface area contributed by atoms with Crippen LogP contribution < -0.4 is 5.32 Å². The maximum atomic E-state index is 10.4. The first-order valence-corrected chi connectivity index (χ1v) is 4.75. The van der Waals surface area contributed by atoms with Gasteiger partial charge in [-0.1, -0.05) is 12.8 Å². The van der Waals surface area contributed by atoms with Crippen molar-refractivity contribution in [2.75, 3.05) is 13.2 Å². The second-order valence-electron chi connectivity index (χ2n) is 3.15. The maximum Gasteiger partial charge on any atom is 0.320 e. The molecule has 0 rings (SSSR count). The van der Waals surface area contributed by atoms with E-state index in [4.69, 9.17) is 10.2 Å². The number of hydrogen-bond donors (Lipinski definition) is 3. The summed E-state index contributed by atoms with van der Waals surface area (Å²) < 4.78 is 0. The summed E-state index contributed by atoms with van der Waals surface area (Å²) in [5, 5.41) is 19.9. The fourth-order valence-corrected chi connectivity index (χ4v) is 0.996. The molecule has 0 aliphatic heterocycles. The van der Waals surface area contributed by atoms with E-state index in [1.165, 1.54) is 0 Å². The molecule has 4 nitrogen and oxygen atoms in total. The van der Waals surface area contributed by atoms with Crippen LogP contribution >= 0.6 is 0 Å². The molecule has 78 valence electrons. The SMILES string of the molecule is C[C@H](NCCCCCCO)C(=O)O. The topological polar surface area (TPSA) is 69.6 Å². The molecular formula is C9H19NO3. The number of carboxylic acids is 1. The van der Waals surface area contributed by atoms with E-state index in [9.17, 15) is 4.79 Å². The van der Waals surface area contributed by atoms with Crippen molar-refractivity contribution < 1.29 is 15.0 Å². The summed E-state index contributed by atoms with van der Waals surface area (Å²) >= 11 is 0. The third-order valence-corrected chi connectivity index (χ3v) is 1.91. The van der Waals surface area contributed by atoms with Crippen LogP contribution in [0, 0.1) is 0 Å². The Morgan fingerprint density at radius 2 is 1.92 bits per heavy atom. The van der Waals surface area contributed by atoms with Gasteiger partial charge in [0.15, 0.2) is 0 Å². The Labute approximate surface area is 79.0 Å². The molecule has 1 atom stereocenters. The molecule has 0 unspecified atom stereocenters. The van der Waals surface area contributed by atoms with Crippen molar-refractivity contribution in [2.24, 2.45) is 0 Å². The van der Waals surface area contributed by atoms with Crippen LogP contribution in [0.15, 0.2) is 0 Å². The lowest BCUT2D eigenvalue weighted by molar-refractivity contribution is -0.138. The van der Waals surface area contributed by atoms with Gasteiger partial charge in [-0.25, -0.2) is 0 Å². The number of hydrogen-bond acceptors (Lipinski definition) is 3. The number of carboxylic acid groups (broad SMARTS) is 1. The molecular weight excluding hydrogens is 170 g/mol. The predicted octanol–water partition coefficient (Wildman–Crippen LogP) is 0.602. The minimum Gasteiger partial charge on any atom is -0.480 e. The van der Waals surface area contributed by atoms with Crippen LogP contribution in [0.25, 0.3) is 0 Å². The molecule has 3 N–H and O–H groups in total. The van der Waals surface area contributed by atoms with Gasteiger partial charge < -0.3 is 15.5 Å². The molecule has 0 fully saturated rings. The molecule has 0 heterocycles. The largest absolute Gasteiger partial charge is 0.480 e. The number of carbonyl (C=O) groups is 1. The number of unbranched alkanes of at least 4 members (excludes halogenated alkanes) is 3. The quantitative estimate of drug-likeness (QED) is 0.489. The highest BCUT2D eigenvalue weighted by molar-refractivity contribution is 5.72. The lowest BCUT2D eigenvalue weighted by atomic mass is 10.2. The Bertz CT molecular complexity index is 139. The summed E-state index contributed by atoms with van der Waals surface area (Å²) in [5.41, 5.74) is 0. The lowest BCUT2D eigenvalue weighted by Crippen LogP contribution is -2.34. The molecule has 0 aromatic carbocycles. The normalized spacial score (nSPS) is 12.8. The standard InChI is InChI=1S/C9H19NO3/c1-8(9(12)13)10-6-4-2-3-5-7-11/h8,10-11H,2-7H2,1H3,(H,12,13)/t8-/m0/s1. The van der Waals surface area contributed by atoms with Crippen molar-refractivity contribution >= 4 is 5.97 Å². The Hall–Kier alpha value is -0.610. The number of rotatable bonds is 8. The van der Waals surface area contributed by atoms with Gasteiger partial charge in [-0.2, -0.15) is 0 Å². The van der Waals surface area contributed by atoms with E-state index in [0.29, 0.717) is 0 Å². The zero-order valence-corrected chi connectivity index (χ0v) is 8.12. The zero-order valence-electron chi connectivity index (χ0n) is 8.12. The van der Waals surface area contributed by atoms with Crippen LogP contribution in [0.5, 0.6) is 0 Å². The summed E-state index contributed by atoms with van der Waals surface area (Å²) in [6.45, 7) is 2.62. The zero-order chi connectivity index (χ0) is 10.1. The first-order valence-electron chi connectivity index (χ1n) is 4.75. The molecule has 0 aliphatic carbocycles. The van der Waals surface area contributed by atoms with Gasteiger partial charge in [-0.05, 0) is 26.3 Å². The Kier molecular flexibility index (Phi) is 7.63. The fourth-order valence-electron chi connectivity index (χ4n) is 0.996. The average Bonchev–Trinajstić information content (AvgIpc) is 2.10. The van der Waals surface area contributed by atoms with Crippen molar-refractivity contribution in [1.82, 2.24) is 5.32 Å². The van der Waals surface area contributed by atoms with Gasteiger partial charge in [-0.3, -0.25) is 4.79 Å². The number of aliphatic hydroxyl groups is 1. The third kappa shape index (κ3) is 7.74. The van der Waals surface area contributed by atoms with Crippen molar-refractivity contribution in [3.8, 4) is 0 Å². The highest BCUT2D eigenvalue weighted by Gasteiger charge is 2.07. The monoisotopic (exact) mass is 189 g/mol. The van der Waals surface area contributed by atoms with Crippen LogP contribution in [0.4, 0.5) is 0 Å². The van der Waals surface area contributed by atoms with E-state index < -0.39 is 12.0 Å². The molecule has 4 heteroatoms. The molecule has 0 saturated carbocycles. The summed E-state index contributed by atoms with van der Waals surface area (Å²) in [6.07, 6.45) is 3.87. The number of nitrogens with one attached hydrogen (secondary N) is 1. The summed E-state index contributed by atoms with van der Waals surface area (Å²) in [7, 11) is 0. The lowest BCUT2D eigenvalue weighted by Gasteiger charge is -2.07. The fraction of sp³-hybridized carbons (Fsp3) is 0.889. The van der Waals surface area contributed by atoms with Crippen molar-refractivity contribution in [1.29, 1.82) is 0 Å². The molecule has 0 spiro atoms. The van der Waals surface area contributed by atoms with E-state index in [1.807, 2.05) is 0 Å². The van der Waals surface area contributed by atoms with Crippen LogP contribution in [0.1, 0.15) is 32.6 Å². The highest BCUT2D eigenvalue weighted by atomic mass is 16.4. The predicted molar refractivity (Wildman–Crippen MR) is 50.7 cm³/mol. The van der Waals surface area contributed by atoms with Crippen LogP contribution in [-0.4, -0.2) is 35.4 Å². The molecule has 0 amide bonds. The maximum absolute atomic E-state index is 10.4. The summed E-state index contributed by atoms with van der Waals surface area (Å²) in [6, 6.07) is -0.460. The number of aliphatic carboxylic acids is 1. The van der Waals surface area contributed by atoms with E-state index in [1.54, 1.807) is 6.92 Å². The van der Waals surface area contributed by atoms with E-state index in [-0.39, 0.29) is 6.61 Å². The van der Waals surface area contributed by atoms with Crippen molar-refractivity contribution in [2.45, 2.75) is 38.6 Å². The molecule has 0 bridgehead atoms. The van der Waals surface area contributed by atoms with Gasteiger partial charge in [0.25, 0.3) is 0 Å².